The number of halogens is 3. The van der Waals surface area contributed by atoms with E-state index >= 15 is 0 Å². The SMILES string of the molecule is COC(=O)C1=C(C)N(C2CCS(=O)(=O)C2)C(=O)NC1c1ccccc1C(F)(F)F. The van der Waals surface area contributed by atoms with Gasteiger partial charge in [-0.05, 0) is 25.0 Å². The molecule has 2 unspecified atom stereocenters. The van der Waals surface area contributed by atoms with Crippen LogP contribution in [0.15, 0.2) is 35.5 Å². The highest BCUT2D eigenvalue weighted by Crippen LogP contribution is 2.40. The molecular formula is C18H19F3N2O5S. The van der Waals surface area contributed by atoms with Gasteiger partial charge in [-0.3, -0.25) is 4.90 Å². The van der Waals surface area contributed by atoms with Crippen molar-refractivity contribution in [1.29, 1.82) is 0 Å². The maximum Gasteiger partial charge on any atom is 0.416 e. The molecule has 1 saturated heterocycles. The second-order valence-electron chi connectivity index (χ2n) is 6.89. The summed E-state index contributed by atoms with van der Waals surface area (Å²) in [5.74, 6) is -1.30. The monoisotopic (exact) mass is 432 g/mol. The molecule has 2 aliphatic rings. The number of rotatable bonds is 3. The summed E-state index contributed by atoms with van der Waals surface area (Å²) in [6.45, 7) is 1.40. The van der Waals surface area contributed by atoms with Crippen molar-refractivity contribution in [3.8, 4) is 0 Å². The third-order valence-corrected chi connectivity index (χ3v) is 6.83. The molecule has 0 bridgehead atoms. The van der Waals surface area contributed by atoms with Crippen LogP contribution in [0.5, 0.6) is 0 Å². The van der Waals surface area contributed by atoms with Crippen LogP contribution in [0, 0.1) is 0 Å². The molecule has 0 aromatic heterocycles. The maximum absolute atomic E-state index is 13.5. The third kappa shape index (κ3) is 3.96. The van der Waals surface area contributed by atoms with Crippen molar-refractivity contribution >= 4 is 21.8 Å². The highest BCUT2D eigenvalue weighted by molar-refractivity contribution is 7.91. The Balaban J connectivity index is 2.14. The normalized spacial score (nSPS) is 24.4. The third-order valence-electron chi connectivity index (χ3n) is 5.08. The Hall–Kier alpha value is -2.56. The molecule has 0 saturated carbocycles. The van der Waals surface area contributed by atoms with Gasteiger partial charge in [-0.1, -0.05) is 18.2 Å². The number of carbonyl (C=O) groups is 2. The first-order chi connectivity index (χ1) is 13.5. The minimum atomic E-state index is -4.70. The lowest BCUT2D eigenvalue weighted by atomic mass is 9.90. The molecule has 1 fully saturated rings. The summed E-state index contributed by atoms with van der Waals surface area (Å²) in [6, 6.07) is 1.76. The average Bonchev–Trinajstić information content (AvgIpc) is 2.99. The quantitative estimate of drug-likeness (QED) is 0.741. The summed E-state index contributed by atoms with van der Waals surface area (Å²) < 4.78 is 68.9. The lowest BCUT2D eigenvalue weighted by molar-refractivity contribution is -0.140. The van der Waals surface area contributed by atoms with E-state index in [9.17, 15) is 31.2 Å². The summed E-state index contributed by atoms with van der Waals surface area (Å²) in [6.07, 6.45) is -4.53. The van der Waals surface area contributed by atoms with Gasteiger partial charge in [0, 0.05) is 5.70 Å². The molecule has 0 aliphatic carbocycles. The van der Waals surface area contributed by atoms with Crippen LogP contribution in [0.3, 0.4) is 0 Å². The standard InChI is InChI=1S/C18H19F3N2O5S/c1-10-14(16(24)28-2)15(12-5-3-4-6-13(12)18(19,20)21)22-17(25)23(10)11-7-8-29(26,27)9-11/h3-6,11,15H,7-9H2,1-2H3,(H,22,25). The summed E-state index contributed by atoms with van der Waals surface area (Å²) in [7, 11) is -2.26. The van der Waals surface area contributed by atoms with E-state index in [1.54, 1.807) is 0 Å². The minimum Gasteiger partial charge on any atom is -0.466 e. The van der Waals surface area contributed by atoms with Gasteiger partial charge in [-0.2, -0.15) is 13.2 Å². The highest BCUT2D eigenvalue weighted by atomic mass is 32.2. The zero-order valence-electron chi connectivity index (χ0n) is 15.6. The van der Waals surface area contributed by atoms with Crippen LogP contribution in [-0.2, 0) is 25.5 Å². The number of hydrogen-bond donors (Lipinski definition) is 1. The number of esters is 1. The Morgan fingerprint density at radius 2 is 1.93 bits per heavy atom. The number of ether oxygens (including phenoxy) is 1. The van der Waals surface area contributed by atoms with Gasteiger partial charge in [0.25, 0.3) is 0 Å². The largest absolute Gasteiger partial charge is 0.466 e. The first kappa shape index (κ1) is 21.2. The van der Waals surface area contributed by atoms with E-state index in [1.807, 2.05) is 0 Å². The number of methoxy groups -OCH3 is 1. The Morgan fingerprint density at radius 1 is 1.28 bits per heavy atom. The number of benzene rings is 1. The minimum absolute atomic E-state index is 0.0738. The molecule has 158 valence electrons. The first-order valence-corrected chi connectivity index (χ1v) is 10.5. The number of urea groups is 1. The molecule has 0 radical (unpaired) electrons. The van der Waals surface area contributed by atoms with Gasteiger partial charge in [0.15, 0.2) is 9.84 Å². The number of nitrogens with one attached hydrogen (secondary N) is 1. The van der Waals surface area contributed by atoms with Gasteiger partial charge >= 0.3 is 18.2 Å². The molecule has 3 rings (SSSR count). The van der Waals surface area contributed by atoms with Crippen LogP contribution in [0.4, 0.5) is 18.0 Å². The van der Waals surface area contributed by atoms with Crippen LogP contribution in [0.25, 0.3) is 0 Å². The number of carbonyl (C=O) groups excluding carboxylic acids is 2. The predicted octanol–water partition coefficient (Wildman–Crippen LogP) is 2.41. The van der Waals surface area contributed by atoms with Gasteiger partial charge in [-0.25, -0.2) is 18.0 Å². The summed E-state index contributed by atoms with van der Waals surface area (Å²) in [5, 5.41) is 2.43. The summed E-state index contributed by atoms with van der Waals surface area (Å²) in [5.41, 5.74) is -1.39. The van der Waals surface area contributed by atoms with Crippen molar-refractivity contribution < 1.29 is 35.9 Å². The van der Waals surface area contributed by atoms with E-state index in [0.717, 1.165) is 18.1 Å². The molecule has 7 nitrogen and oxygen atoms in total. The van der Waals surface area contributed by atoms with Crippen molar-refractivity contribution in [2.45, 2.75) is 31.6 Å². The van der Waals surface area contributed by atoms with Crippen molar-refractivity contribution in [2.75, 3.05) is 18.6 Å². The lowest BCUT2D eigenvalue weighted by Gasteiger charge is -2.38. The fourth-order valence-electron chi connectivity index (χ4n) is 3.79. The van der Waals surface area contributed by atoms with E-state index < -0.39 is 45.7 Å². The fourth-order valence-corrected chi connectivity index (χ4v) is 5.49. The molecule has 0 spiro atoms. The van der Waals surface area contributed by atoms with Crippen molar-refractivity contribution in [3.63, 3.8) is 0 Å². The highest BCUT2D eigenvalue weighted by Gasteiger charge is 2.45. The van der Waals surface area contributed by atoms with Crippen LogP contribution in [-0.4, -0.2) is 50.0 Å². The van der Waals surface area contributed by atoms with Crippen LogP contribution < -0.4 is 5.32 Å². The van der Waals surface area contributed by atoms with E-state index in [-0.39, 0.29) is 34.8 Å². The summed E-state index contributed by atoms with van der Waals surface area (Å²) in [4.78, 5) is 26.3. The van der Waals surface area contributed by atoms with Gasteiger partial charge in [0.05, 0.1) is 41.8 Å². The van der Waals surface area contributed by atoms with Crippen LogP contribution in [0.2, 0.25) is 0 Å². The maximum atomic E-state index is 13.5. The number of nitrogens with zero attached hydrogens (tertiary/aromatic N) is 1. The smallest absolute Gasteiger partial charge is 0.416 e. The van der Waals surface area contributed by atoms with E-state index in [2.05, 4.69) is 5.32 Å². The Bertz CT molecular complexity index is 987. The Morgan fingerprint density at radius 3 is 2.48 bits per heavy atom. The van der Waals surface area contributed by atoms with Crippen molar-refractivity contribution in [3.05, 3.63) is 46.7 Å². The van der Waals surface area contributed by atoms with Crippen LogP contribution in [0.1, 0.15) is 30.5 Å². The zero-order chi connectivity index (χ0) is 21.6. The number of alkyl halides is 3. The number of hydrogen-bond acceptors (Lipinski definition) is 5. The van der Waals surface area contributed by atoms with Gasteiger partial charge in [0.1, 0.15) is 0 Å². The van der Waals surface area contributed by atoms with Crippen molar-refractivity contribution in [1.82, 2.24) is 10.2 Å². The van der Waals surface area contributed by atoms with Crippen molar-refractivity contribution in [2.24, 2.45) is 0 Å². The molecule has 2 aliphatic heterocycles. The Kier molecular flexibility index (Phi) is 5.37. The Labute approximate surface area is 165 Å². The number of allylic oxidation sites excluding steroid dienone is 1. The van der Waals surface area contributed by atoms with Gasteiger partial charge in [0.2, 0.25) is 0 Å². The molecule has 2 heterocycles. The first-order valence-electron chi connectivity index (χ1n) is 8.71. The van der Waals surface area contributed by atoms with E-state index in [4.69, 9.17) is 4.74 Å². The van der Waals surface area contributed by atoms with Gasteiger partial charge < -0.3 is 10.1 Å². The fraction of sp³-hybridized carbons (Fsp3) is 0.444. The molecule has 1 N–H and O–H groups in total. The van der Waals surface area contributed by atoms with E-state index in [1.165, 1.54) is 25.1 Å². The molecule has 11 heteroatoms. The predicted molar refractivity (Wildman–Crippen MR) is 96.3 cm³/mol. The molecule has 1 aromatic rings. The molecule has 1 aromatic carbocycles. The van der Waals surface area contributed by atoms with Crippen LogP contribution >= 0.6 is 0 Å². The molecule has 29 heavy (non-hydrogen) atoms. The molecule has 2 atom stereocenters. The number of amides is 2. The number of sulfone groups is 1. The zero-order valence-corrected chi connectivity index (χ0v) is 16.4. The second-order valence-corrected chi connectivity index (χ2v) is 9.11. The molecular weight excluding hydrogens is 413 g/mol. The van der Waals surface area contributed by atoms with Gasteiger partial charge in [-0.15, -0.1) is 0 Å². The van der Waals surface area contributed by atoms with E-state index in [0.29, 0.717) is 0 Å². The summed E-state index contributed by atoms with van der Waals surface area (Å²) >= 11 is 0. The second kappa shape index (κ2) is 7.36. The lowest BCUT2D eigenvalue weighted by Crippen LogP contribution is -2.52. The average molecular weight is 432 g/mol. The topological polar surface area (TPSA) is 92.8 Å². The molecule has 2 amide bonds.